The van der Waals surface area contributed by atoms with Crippen molar-refractivity contribution < 1.29 is 0 Å². The first-order valence-corrected chi connectivity index (χ1v) is 7.46. The lowest BCUT2D eigenvalue weighted by Gasteiger charge is -2.15. The van der Waals surface area contributed by atoms with Crippen LogP contribution in [0.2, 0.25) is 0 Å². The fourth-order valence-electron chi connectivity index (χ4n) is 1.89. The van der Waals surface area contributed by atoms with Gasteiger partial charge in [0.2, 0.25) is 0 Å². The molecule has 0 amide bonds. The summed E-state index contributed by atoms with van der Waals surface area (Å²) in [5, 5.41) is 6.77. The quantitative estimate of drug-likeness (QED) is 0.698. The summed E-state index contributed by atoms with van der Waals surface area (Å²) in [7, 11) is 0. The first kappa shape index (κ1) is 15.7. The molecule has 0 spiro atoms. The average molecular weight is 264 g/mol. The van der Waals surface area contributed by atoms with Gasteiger partial charge in [0.25, 0.3) is 0 Å². The first-order chi connectivity index (χ1) is 9.10. The maximum Gasteiger partial charge on any atom is 0.135 e. The highest BCUT2D eigenvalue weighted by Crippen LogP contribution is 2.23. The van der Waals surface area contributed by atoms with Crippen LogP contribution in [0.4, 0.5) is 11.6 Å². The highest BCUT2D eigenvalue weighted by Gasteiger charge is 2.12. The van der Waals surface area contributed by atoms with Crippen LogP contribution in [0.25, 0.3) is 0 Å². The van der Waals surface area contributed by atoms with E-state index in [2.05, 4.69) is 55.2 Å². The van der Waals surface area contributed by atoms with Crippen LogP contribution in [-0.4, -0.2) is 23.1 Å². The molecule has 0 unspecified atom stereocenters. The molecule has 1 heterocycles. The summed E-state index contributed by atoms with van der Waals surface area (Å²) in [5.41, 5.74) is 1.11. The predicted molar refractivity (Wildman–Crippen MR) is 83.0 cm³/mol. The van der Waals surface area contributed by atoms with E-state index in [1.54, 1.807) is 0 Å². The Labute approximate surface area is 117 Å². The Kier molecular flexibility index (Phi) is 6.60. The van der Waals surface area contributed by atoms with E-state index in [0.717, 1.165) is 36.1 Å². The standard InChI is InChI=1S/C15H28N4/c1-6-8-9-10-17-15-12(5)14(16-7-2)18-13(19-15)11(3)4/h11H,6-10H2,1-5H3,(H2,16,17,18,19). The van der Waals surface area contributed by atoms with Crippen LogP contribution in [0.15, 0.2) is 0 Å². The van der Waals surface area contributed by atoms with Crippen molar-refractivity contribution in [2.45, 2.75) is 59.8 Å². The van der Waals surface area contributed by atoms with Gasteiger partial charge in [-0.3, -0.25) is 0 Å². The van der Waals surface area contributed by atoms with Crippen molar-refractivity contribution in [3.63, 3.8) is 0 Å². The largest absolute Gasteiger partial charge is 0.370 e. The van der Waals surface area contributed by atoms with Crippen molar-refractivity contribution in [1.82, 2.24) is 9.97 Å². The second-order valence-electron chi connectivity index (χ2n) is 5.22. The zero-order valence-electron chi connectivity index (χ0n) is 13.0. The number of hydrogen-bond donors (Lipinski definition) is 2. The van der Waals surface area contributed by atoms with Crippen molar-refractivity contribution >= 4 is 11.6 Å². The summed E-state index contributed by atoms with van der Waals surface area (Å²) in [6, 6.07) is 0. The molecule has 0 bridgehead atoms. The van der Waals surface area contributed by atoms with Crippen molar-refractivity contribution in [2.24, 2.45) is 0 Å². The fourth-order valence-corrected chi connectivity index (χ4v) is 1.89. The molecule has 0 aliphatic carbocycles. The monoisotopic (exact) mass is 264 g/mol. The zero-order chi connectivity index (χ0) is 14.3. The molecular weight excluding hydrogens is 236 g/mol. The first-order valence-electron chi connectivity index (χ1n) is 7.46. The molecule has 0 aromatic carbocycles. The number of hydrogen-bond acceptors (Lipinski definition) is 4. The number of anilines is 2. The van der Waals surface area contributed by atoms with Crippen molar-refractivity contribution in [2.75, 3.05) is 23.7 Å². The van der Waals surface area contributed by atoms with E-state index in [-0.39, 0.29) is 0 Å². The number of unbranched alkanes of at least 4 members (excludes halogenated alkanes) is 2. The molecule has 108 valence electrons. The third kappa shape index (κ3) is 4.69. The summed E-state index contributed by atoms with van der Waals surface area (Å²) in [5.74, 6) is 3.18. The Morgan fingerprint density at radius 1 is 1.00 bits per heavy atom. The molecular formula is C15H28N4. The summed E-state index contributed by atoms with van der Waals surface area (Å²) in [6.07, 6.45) is 3.69. The fraction of sp³-hybridized carbons (Fsp3) is 0.733. The molecule has 0 saturated heterocycles. The van der Waals surface area contributed by atoms with Crippen molar-refractivity contribution in [3.8, 4) is 0 Å². The van der Waals surface area contributed by atoms with E-state index in [9.17, 15) is 0 Å². The Hall–Kier alpha value is -1.32. The minimum Gasteiger partial charge on any atom is -0.370 e. The number of rotatable bonds is 8. The van der Waals surface area contributed by atoms with Gasteiger partial charge in [-0.2, -0.15) is 0 Å². The number of nitrogens with one attached hydrogen (secondary N) is 2. The summed E-state index contributed by atoms with van der Waals surface area (Å²) >= 11 is 0. The third-order valence-electron chi connectivity index (χ3n) is 3.10. The number of nitrogens with zero attached hydrogens (tertiary/aromatic N) is 2. The van der Waals surface area contributed by atoms with E-state index in [4.69, 9.17) is 0 Å². The molecule has 1 rings (SSSR count). The predicted octanol–water partition coefficient (Wildman–Crippen LogP) is 3.94. The van der Waals surface area contributed by atoms with Gasteiger partial charge in [0, 0.05) is 24.6 Å². The third-order valence-corrected chi connectivity index (χ3v) is 3.10. The highest BCUT2D eigenvalue weighted by atomic mass is 15.1. The molecule has 0 saturated carbocycles. The van der Waals surface area contributed by atoms with Crippen LogP contribution in [0.5, 0.6) is 0 Å². The zero-order valence-corrected chi connectivity index (χ0v) is 13.0. The lowest BCUT2D eigenvalue weighted by molar-refractivity contribution is 0.736. The summed E-state index contributed by atoms with van der Waals surface area (Å²) < 4.78 is 0. The molecule has 1 aromatic heterocycles. The van der Waals surface area contributed by atoms with Gasteiger partial charge in [-0.05, 0) is 20.3 Å². The van der Waals surface area contributed by atoms with E-state index in [1.165, 1.54) is 19.3 Å². The lowest BCUT2D eigenvalue weighted by Crippen LogP contribution is -2.12. The smallest absolute Gasteiger partial charge is 0.135 e. The highest BCUT2D eigenvalue weighted by molar-refractivity contribution is 5.57. The molecule has 0 radical (unpaired) electrons. The van der Waals surface area contributed by atoms with Gasteiger partial charge in [0.1, 0.15) is 17.5 Å². The van der Waals surface area contributed by atoms with Gasteiger partial charge in [0.15, 0.2) is 0 Å². The molecule has 2 N–H and O–H groups in total. The lowest BCUT2D eigenvalue weighted by atomic mass is 10.2. The van der Waals surface area contributed by atoms with Crippen LogP contribution in [-0.2, 0) is 0 Å². The Balaban J connectivity index is 2.87. The molecule has 19 heavy (non-hydrogen) atoms. The Bertz CT molecular complexity index is 388. The molecule has 0 aliphatic rings. The molecule has 1 aromatic rings. The van der Waals surface area contributed by atoms with Crippen LogP contribution in [0.1, 0.15) is 64.3 Å². The van der Waals surface area contributed by atoms with E-state index in [0.29, 0.717) is 5.92 Å². The minimum absolute atomic E-state index is 0.342. The van der Waals surface area contributed by atoms with Crippen LogP contribution in [0, 0.1) is 6.92 Å². The van der Waals surface area contributed by atoms with Crippen molar-refractivity contribution in [1.29, 1.82) is 0 Å². The normalized spacial score (nSPS) is 10.8. The second-order valence-corrected chi connectivity index (χ2v) is 5.22. The SMILES string of the molecule is CCCCCNc1nc(C(C)C)nc(NCC)c1C. The maximum absolute atomic E-state index is 4.65. The number of aromatic nitrogens is 2. The van der Waals surface area contributed by atoms with E-state index >= 15 is 0 Å². The Morgan fingerprint density at radius 2 is 1.63 bits per heavy atom. The van der Waals surface area contributed by atoms with E-state index in [1.807, 2.05) is 0 Å². The van der Waals surface area contributed by atoms with Gasteiger partial charge in [-0.1, -0.05) is 33.6 Å². The molecule has 0 aliphatic heterocycles. The molecule has 4 heteroatoms. The van der Waals surface area contributed by atoms with Crippen LogP contribution >= 0.6 is 0 Å². The van der Waals surface area contributed by atoms with Crippen LogP contribution in [0.3, 0.4) is 0 Å². The van der Waals surface area contributed by atoms with Gasteiger partial charge >= 0.3 is 0 Å². The summed E-state index contributed by atoms with van der Waals surface area (Å²) in [6.45, 7) is 12.5. The minimum atomic E-state index is 0.342. The second kappa shape index (κ2) is 7.97. The Morgan fingerprint density at radius 3 is 2.16 bits per heavy atom. The molecule has 0 fully saturated rings. The maximum atomic E-state index is 4.65. The van der Waals surface area contributed by atoms with E-state index < -0.39 is 0 Å². The van der Waals surface area contributed by atoms with Gasteiger partial charge in [0.05, 0.1) is 0 Å². The van der Waals surface area contributed by atoms with Gasteiger partial charge < -0.3 is 10.6 Å². The summed E-state index contributed by atoms with van der Waals surface area (Å²) in [4.78, 5) is 9.25. The molecule has 0 atom stereocenters. The van der Waals surface area contributed by atoms with Gasteiger partial charge in [-0.15, -0.1) is 0 Å². The van der Waals surface area contributed by atoms with Crippen LogP contribution < -0.4 is 10.6 Å². The van der Waals surface area contributed by atoms with Gasteiger partial charge in [-0.25, -0.2) is 9.97 Å². The van der Waals surface area contributed by atoms with Crippen molar-refractivity contribution in [3.05, 3.63) is 11.4 Å². The topological polar surface area (TPSA) is 49.8 Å². The molecule has 4 nitrogen and oxygen atoms in total. The average Bonchev–Trinajstić information content (AvgIpc) is 2.38.